The van der Waals surface area contributed by atoms with E-state index < -0.39 is 4.92 Å². The normalized spacial score (nSPS) is 11.1. The summed E-state index contributed by atoms with van der Waals surface area (Å²) in [6.07, 6.45) is 1.61. The third-order valence-electron chi connectivity index (χ3n) is 1.62. The molecule has 0 aliphatic rings. The molecule has 0 aliphatic carbocycles. The molecule has 2 heterocycles. The molecule has 0 bridgehead atoms. The molecule has 0 saturated heterocycles. The van der Waals surface area contributed by atoms with Crippen LogP contribution in [-0.2, 0) is 0 Å². The van der Waals surface area contributed by atoms with E-state index in [1.54, 1.807) is 11.5 Å². The van der Waals surface area contributed by atoms with E-state index in [2.05, 4.69) is 10.2 Å². The van der Waals surface area contributed by atoms with Crippen molar-refractivity contribution in [3.05, 3.63) is 33.4 Å². The fraction of sp³-hybridized carbons (Fsp3) is 0. The molecule has 2 aromatic rings. The predicted octanol–water partition coefficient (Wildman–Crippen LogP) is 2.38. The number of thioether (sulfide) groups is 1. The maximum absolute atomic E-state index is 10.4. The van der Waals surface area contributed by atoms with Crippen molar-refractivity contribution in [3.8, 4) is 0 Å². The molecule has 0 unspecified atom stereocenters. The first-order chi connectivity index (χ1) is 8.15. The molecular weight excluding hydrogens is 264 g/mol. The lowest BCUT2D eigenvalue weighted by Gasteiger charge is -1.85. The van der Waals surface area contributed by atoms with Crippen LogP contribution >= 0.6 is 23.1 Å². The Morgan fingerprint density at radius 1 is 1.53 bits per heavy atom. The highest BCUT2D eigenvalue weighted by Crippen LogP contribution is 2.25. The summed E-state index contributed by atoms with van der Waals surface area (Å²) in [7, 11) is 0. The standard InChI is InChI=1S/C8H6N4O3S2/c9-7-10-11-8(17-7)16-4-3-5-1-2-6(15-5)12(13)14/h1-4H,(H2,9,10)/b4-3+. The molecule has 2 N–H and O–H groups in total. The Morgan fingerprint density at radius 3 is 2.94 bits per heavy atom. The van der Waals surface area contributed by atoms with E-state index in [0.717, 1.165) is 0 Å². The number of rotatable bonds is 4. The summed E-state index contributed by atoms with van der Waals surface area (Å²) >= 11 is 2.57. The fourth-order valence-corrected chi connectivity index (χ4v) is 2.32. The SMILES string of the molecule is Nc1nnc(S/C=C/c2ccc([N+](=O)[O-])o2)s1. The van der Waals surface area contributed by atoms with Crippen LogP contribution in [0.3, 0.4) is 0 Å². The first-order valence-corrected chi connectivity index (χ1v) is 6.01. The number of hydrogen-bond donors (Lipinski definition) is 1. The maximum Gasteiger partial charge on any atom is 0.433 e. The Bertz CT molecular complexity index is 563. The Hall–Kier alpha value is -1.87. The fourth-order valence-electron chi connectivity index (χ4n) is 0.957. The number of nitrogens with two attached hydrogens (primary N) is 1. The molecule has 0 atom stereocenters. The van der Waals surface area contributed by atoms with E-state index >= 15 is 0 Å². The maximum atomic E-state index is 10.4. The van der Waals surface area contributed by atoms with E-state index in [1.807, 2.05) is 0 Å². The van der Waals surface area contributed by atoms with Crippen molar-refractivity contribution in [1.29, 1.82) is 0 Å². The number of hydrogen-bond acceptors (Lipinski definition) is 8. The molecule has 0 saturated carbocycles. The summed E-state index contributed by atoms with van der Waals surface area (Å²) < 4.78 is 5.63. The Balaban J connectivity index is 1.98. The second kappa shape index (κ2) is 4.97. The van der Waals surface area contributed by atoms with Gasteiger partial charge in [0.15, 0.2) is 4.34 Å². The van der Waals surface area contributed by atoms with E-state index in [4.69, 9.17) is 10.2 Å². The molecule has 2 aromatic heterocycles. The lowest BCUT2D eigenvalue weighted by molar-refractivity contribution is -0.402. The van der Waals surface area contributed by atoms with Crippen LogP contribution in [0.25, 0.3) is 6.08 Å². The number of nitrogen functional groups attached to an aromatic ring is 1. The van der Waals surface area contributed by atoms with Crippen molar-refractivity contribution < 1.29 is 9.34 Å². The van der Waals surface area contributed by atoms with Gasteiger partial charge in [-0.2, -0.15) is 0 Å². The summed E-state index contributed by atoms with van der Waals surface area (Å²) in [4.78, 5) is 9.78. The van der Waals surface area contributed by atoms with Gasteiger partial charge in [0, 0.05) is 0 Å². The van der Waals surface area contributed by atoms with Crippen LogP contribution in [0.1, 0.15) is 5.76 Å². The minimum absolute atomic E-state index is 0.283. The zero-order chi connectivity index (χ0) is 12.3. The van der Waals surface area contributed by atoms with Crippen molar-refractivity contribution in [2.75, 3.05) is 5.73 Å². The van der Waals surface area contributed by atoms with Gasteiger partial charge < -0.3 is 10.2 Å². The second-order valence-corrected chi connectivity index (χ2v) is 4.92. The molecule has 0 fully saturated rings. The average molecular weight is 270 g/mol. The molecule has 0 amide bonds. The predicted molar refractivity (Wildman–Crippen MR) is 64.6 cm³/mol. The van der Waals surface area contributed by atoms with Crippen molar-refractivity contribution >= 4 is 40.2 Å². The van der Waals surface area contributed by atoms with E-state index in [1.165, 1.54) is 35.2 Å². The Kier molecular flexibility index (Phi) is 3.40. The highest BCUT2D eigenvalue weighted by Gasteiger charge is 2.09. The number of nitrogens with zero attached hydrogens (tertiary/aromatic N) is 3. The number of furan rings is 1. The third-order valence-corrected chi connectivity index (χ3v) is 3.26. The Labute approximate surface area is 103 Å². The smallest absolute Gasteiger partial charge is 0.401 e. The monoisotopic (exact) mass is 270 g/mol. The average Bonchev–Trinajstić information content (AvgIpc) is 2.88. The number of anilines is 1. The van der Waals surface area contributed by atoms with Gasteiger partial charge in [-0.15, -0.1) is 10.2 Å². The van der Waals surface area contributed by atoms with Gasteiger partial charge in [0.1, 0.15) is 10.7 Å². The molecule has 9 heteroatoms. The zero-order valence-corrected chi connectivity index (χ0v) is 9.90. The van der Waals surface area contributed by atoms with Crippen LogP contribution in [0, 0.1) is 10.1 Å². The van der Waals surface area contributed by atoms with Gasteiger partial charge in [-0.05, 0) is 17.6 Å². The van der Waals surface area contributed by atoms with Gasteiger partial charge in [-0.1, -0.05) is 23.1 Å². The molecule has 0 aromatic carbocycles. The molecule has 17 heavy (non-hydrogen) atoms. The zero-order valence-electron chi connectivity index (χ0n) is 8.27. The lowest BCUT2D eigenvalue weighted by atomic mass is 10.4. The van der Waals surface area contributed by atoms with Crippen molar-refractivity contribution in [2.24, 2.45) is 0 Å². The minimum atomic E-state index is -0.587. The second-order valence-electron chi connectivity index (χ2n) is 2.76. The summed E-state index contributed by atoms with van der Waals surface area (Å²) in [5.74, 6) is 0.122. The van der Waals surface area contributed by atoms with Gasteiger partial charge in [-0.25, -0.2) is 0 Å². The quantitative estimate of drug-likeness (QED) is 0.516. The molecule has 88 valence electrons. The molecule has 0 aliphatic heterocycles. The lowest BCUT2D eigenvalue weighted by Crippen LogP contribution is -1.82. The number of nitro groups is 1. The molecule has 0 radical (unpaired) electrons. The molecular formula is C8H6N4O3S2. The first kappa shape index (κ1) is 11.6. The van der Waals surface area contributed by atoms with E-state index in [0.29, 0.717) is 15.2 Å². The Morgan fingerprint density at radius 2 is 2.35 bits per heavy atom. The van der Waals surface area contributed by atoms with Crippen LogP contribution in [-0.4, -0.2) is 15.1 Å². The van der Waals surface area contributed by atoms with Gasteiger partial charge >= 0.3 is 5.88 Å². The van der Waals surface area contributed by atoms with E-state index in [9.17, 15) is 10.1 Å². The van der Waals surface area contributed by atoms with Crippen LogP contribution in [0.5, 0.6) is 0 Å². The van der Waals surface area contributed by atoms with Gasteiger partial charge in [0.25, 0.3) is 0 Å². The third kappa shape index (κ3) is 3.04. The molecule has 0 spiro atoms. The van der Waals surface area contributed by atoms with E-state index in [-0.39, 0.29) is 5.88 Å². The number of aromatic nitrogens is 2. The largest absolute Gasteiger partial charge is 0.433 e. The summed E-state index contributed by atoms with van der Waals surface area (Å²) in [5, 5.41) is 19.9. The van der Waals surface area contributed by atoms with Crippen molar-refractivity contribution in [1.82, 2.24) is 10.2 Å². The van der Waals surface area contributed by atoms with Crippen molar-refractivity contribution in [3.63, 3.8) is 0 Å². The molecule has 2 rings (SSSR count). The summed E-state index contributed by atoms with van der Waals surface area (Å²) in [6, 6.07) is 2.82. The van der Waals surface area contributed by atoms with Crippen molar-refractivity contribution in [2.45, 2.75) is 4.34 Å². The highest BCUT2D eigenvalue weighted by molar-refractivity contribution is 8.03. The minimum Gasteiger partial charge on any atom is -0.401 e. The van der Waals surface area contributed by atoms with Crippen LogP contribution in [0.2, 0.25) is 0 Å². The van der Waals surface area contributed by atoms with Gasteiger partial charge in [-0.3, -0.25) is 10.1 Å². The van der Waals surface area contributed by atoms with Crippen LogP contribution < -0.4 is 5.73 Å². The van der Waals surface area contributed by atoms with Gasteiger partial charge in [0.05, 0.1) is 6.07 Å². The van der Waals surface area contributed by atoms with Gasteiger partial charge in [0.2, 0.25) is 5.13 Å². The summed E-state index contributed by atoms with van der Waals surface area (Å²) in [6.45, 7) is 0. The van der Waals surface area contributed by atoms with Crippen LogP contribution in [0.4, 0.5) is 11.0 Å². The highest BCUT2D eigenvalue weighted by atomic mass is 32.2. The van der Waals surface area contributed by atoms with Crippen LogP contribution in [0.15, 0.2) is 26.3 Å². The topological polar surface area (TPSA) is 108 Å². The summed E-state index contributed by atoms with van der Waals surface area (Å²) in [5.41, 5.74) is 5.41. The molecule has 7 nitrogen and oxygen atoms in total. The first-order valence-electron chi connectivity index (χ1n) is 4.31.